The number of hydrogen-bond acceptors (Lipinski definition) is 6. The zero-order valence-corrected chi connectivity index (χ0v) is 20.3. The Morgan fingerprint density at radius 2 is 2.00 bits per heavy atom. The molecule has 2 amide bonds. The first-order valence-corrected chi connectivity index (χ1v) is 11.8. The van der Waals surface area contributed by atoms with Crippen LogP contribution in [0, 0.1) is 26.7 Å². The van der Waals surface area contributed by atoms with Gasteiger partial charge in [-0.25, -0.2) is 4.98 Å². The van der Waals surface area contributed by atoms with E-state index in [-0.39, 0.29) is 30.2 Å². The molecule has 1 aliphatic rings. The number of hydrogen-bond donors (Lipinski definition) is 0. The third-order valence-electron chi connectivity index (χ3n) is 5.72. The molecule has 172 valence electrons. The summed E-state index contributed by atoms with van der Waals surface area (Å²) in [5, 5.41) is 0.802. The van der Waals surface area contributed by atoms with Gasteiger partial charge in [0, 0.05) is 25.7 Å². The van der Waals surface area contributed by atoms with Crippen molar-refractivity contribution in [3.05, 3.63) is 39.9 Å². The Labute approximate surface area is 193 Å². The highest BCUT2D eigenvalue weighted by molar-refractivity contribution is 7.17. The van der Waals surface area contributed by atoms with E-state index in [0.717, 1.165) is 29.0 Å². The van der Waals surface area contributed by atoms with Crippen LogP contribution in [0.3, 0.4) is 0 Å². The van der Waals surface area contributed by atoms with Crippen LogP contribution in [-0.4, -0.2) is 65.9 Å². The van der Waals surface area contributed by atoms with Gasteiger partial charge in [-0.15, -0.1) is 11.3 Å². The van der Waals surface area contributed by atoms with E-state index < -0.39 is 0 Å². The second-order valence-electron chi connectivity index (χ2n) is 8.34. The van der Waals surface area contributed by atoms with Crippen LogP contribution in [0.5, 0.6) is 0 Å². The zero-order chi connectivity index (χ0) is 23.4. The Balaban J connectivity index is 1.67. The number of aryl methyl sites for hydroxylation is 3. The Bertz CT molecular complexity index is 1020. The number of carbonyl (C=O) groups is 3. The lowest BCUT2D eigenvalue weighted by molar-refractivity contribution is -0.151. The molecular weight excluding hydrogens is 426 g/mol. The van der Waals surface area contributed by atoms with Gasteiger partial charge < -0.3 is 14.5 Å². The molecule has 1 unspecified atom stereocenters. The maximum atomic E-state index is 13.1. The number of likely N-dealkylation sites (N-methyl/N-ethyl adjacent to an activating group) is 1. The van der Waals surface area contributed by atoms with E-state index in [9.17, 15) is 14.4 Å². The van der Waals surface area contributed by atoms with Crippen LogP contribution in [-0.2, 0) is 14.3 Å². The summed E-state index contributed by atoms with van der Waals surface area (Å²) in [6, 6.07) is 6.16. The number of rotatable bonds is 6. The number of amides is 2. The van der Waals surface area contributed by atoms with Crippen molar-refractivity contribution < 1.29 is 19.1 Å². The number of ether oxygens (including phenoxy) is 1. The van der Waals surface area contributed by atoms with Crippen LogP contribution in [0.15, 0.2) is 18.2 Å². The fourth-order valence-electron chi connectivity index (χ4n) is 3.97. The van der Waals surface area contributed by atoms with Gasteiger partial charge in [-0.2, -0.15) is 0 Å². The summed E-state index contributed by atoms with van der Waals surface area (Å²) in [7, 11) is 1.63. The fraction of sp³-hybridized carbons (Fsp3) is 0.500. The average molecular weight is 458 g/mol. The van der Waals surface area contributed by atoms with Crippen LogP contribution < -0.4 is 0 Å². The first-order chi connectivity index (χ1) is 15.2. The summed E-state index contributed by atoms with van der Waals surface area (Å²) in [6.45, 7) is 8.90. The molecule has 0 spiro atoms. The first-order valence-electron chi connectivity index (χ1n) is 11.0. The Morgan fingerprint density at radius 1 is 1.25 bits per heavy atom. The molecule has 1 fully saturated rings. The van der Waals surface area contributed by atoms with Crippen LogP contribution in [0.25, 0.3) is 10.6 Å². The highest BCUT2D eigenvalue weighted by atomic mass is 32.1. The predicted molar refractivity (Wildman–Crippen MR) is 125 cm³/mol. The first kappa shape index (κ1) is 23.9. The highest BCUT2D eigenvalue weighted by Gasteiger charge is 2.30. The normalized spacial score (nSPS) is 16.0. The van der Waals surface area contributed by atoms with E-state index in [2.05, 4.69) is 11.1 Å². The topological polar surface area (TPSA) is 79.8 Å². The van der Waals surface area contributed by atoms with Crippen molar-refractivity contribution in [1.29, 1.82) is 0 Å². The molecular formula is C24H31N3O4S. The molecule has 32 heavy (non-hydrogen) atoms. The lowest BCUT2D eigenvalue weighted by atomic mass is 9.98. The molecule has 0 bridgehead atoms. The quantitative estimate of drug-likeness (QED) is 0.619. The number of benzene rings is 1. The Morgan fingerprint density at radius 3 is 2.69 bits per heavy atom. The number of aromatic nitrogens is 1. The van der Waals surface area contributed by atoms with Gasteiger partial charge in [-0.05, 0) is 46.1 Å². The van der Waals surface area contributed by atoms with Crippen molar-refractivity contribution in [2.45, 2.75) is 40.5 Å². The highest BCUT2D eigenvalue weighted by Crippen LogP contribution is 2.31. The summed E-state index contributed by atoms with van der Waals surface area (Å²) in [4.78, 5) is 46.2. The Hall–Kier alpha value is -2.74. The maximum absolute atomic E-state index is 13.1. The van der Waals surface area contributed by atoms with Crippen LogP contribution >= 0.6 is 11.3 Å². The minimum Gasteiger partial charge on any atom is -0.466 e. The smallest absolute Gasteiger partial charge is 0.310 e. The molecule has 1 saturated heterocycles. The molecule has 0 aliphatic carbocycles. The van der Waals surface area contributed by atoms with E-state index in [0.29, 0.717) is 30.3 Å². The van der Waals surface area contributed by atoms with E-state index in [1.807, 2.05) is 32.9 Å². The number of piperidine rings is 1. The third-order valence-corrected chi connectivity index (χ3v) is 6.90. The summed E-state index contributed by atoms with van der Waals surface area (Å²) < 4.78 is 5.11. The minimum absolute atomic E-state index is 0.0371. The van der Waals surface area contributed by atoms with Gasteiger partial charge >= 0.3 is 5.97 Å². The van der Waals surface area contributed by atoms with Crippen molar-refractivity contribution in [2.24, 2.45) is 5.92 Å². The van der Waals surface area contributed by atoms with Crippen molar-refractivity contribution in [2.75, 3.05) is 33.3 Å². The number of likely N-dealkylation sites (tertiary alicyclic amines) is 1. The van der Waals surface area contributed by atoms with Crippen LogP contribution in [0.2, 0.25) is 0 Å². The molecule has 0 N–H and O–H groups in total. The summed E-state index contributed by atoms with van der Waals surface area (Å²) in [6.07, 6.45) is 1.47. The average Bonchev–Trinajstić information content (AvgIpc) is 3.14. The van der Waals surface area contributed by atoms with Gasteiger partial charge in [0.1, 0.15) is 9.88 Å². The van der Waals surface area contributed by atoms with Crippen molar-refractivity contribution in [3.63, 3.8) is 0 Å². The standard InChI is InChI=1S/C24H31N3O4S/c1-6-31-24(30)18-8-7-11-27(13-18)20(28)14-26(5)23(29)21-17(4)25-22(32-21)19-10-9-15(2)12-16(19)3/h9-10,12,18H,6-8,11,13-14H2,1-5H3. The van der Waals surface area contributed by atoms with E-state index in [1.54, 1.807) is 18.9 Å². The van der Waals surface area contributed by atoms with Crippen molar-refractivity contribution in [3.8, 4) is 10.6 Å². The molecule has 1 aliphatic heterocycles. The summed E-state index contributed by atoms with van der Waals surface area (Å²) in [5.41, 5.74) is 3.97. The van der Waals surface area contributed by atoms with Gasteiger partial charge in [0.25, 0.3) is 5.91 Å². The molecule has 7 nitrogen and oxygen atoms in total. The lowest BCUT2D eigenvalue weighted by Gasteiger charge is -2.32. The van der Waals surface area contributed by atoms with Crippen LogP contribution in [0.1, 0.15) is 46.3 Å². The van der Waals surface area contributed by atoms with Gasteiger partial charge in [0.05, 0.1) is 24.8 Å². The minimum atomic E-state index is -0.294. The van der Waals surface area contributed by atoms with E-state index in [1.165, 1.54) is 21.8 Å². The Kier molecular flexibility index (Phi) is 7.66. The second kappa shape index (κ2) is 10.3. The fourth-order valence-corrected chi connectivity index (χ4v) is 5.12. The van der Waals surface area contributed by atoms with Crippen molar-refractivity contribution in [1.82, 2.24) is 14.8 Å². The predicted octanol–water partition coefficient (Wildman–Crippen LogP) is 3.61. The molecule has 1 aromatic carbocycles. The van der Waals surface area contributed by atoms with Gasteiger partial charge in [-0.3, -0.25) is 14.4 Å². The molecule has 1 atom stereocenters. The molecule has 8 heteroatoms. The zero-order valence-electron chi connectivity index (χ0n) is 19.4. The lowest BCUT2D eigenvalue weighted by Crippen LogP contribution is -2.47. The van der Waals surface area contributed by atoms with Crippen LogP contribution in [0.4, 0.5) is 0 Å². The maximum Gasteiger partial charge on any atom is 0.310 e. The number of nitrogens with zero attached hydrogens (tertiary/aromatic N) is 3. The molecule has 0 saturated carbocycles. The molecule has 0 radical (unpaired) electrons. The van der Waals surface area contributed by atoms with Crippen molar-refractivity contribution >= 4 is 29.1 Å². The SMILES string of the molecule is CCOC(=O)C1CCCN(C(=O)CN(C)C(=O)c2sc(-c3ccc(C)cc3C)nc2C)C1. The van der Waals surface area contributed by atoms with Gasteiger partial charge in [-0.1, -0.05) is 23.8 Å². The third kappa shape index (κ3) is 5.35. The van der Waals surface area contributed by atoms with Gasteiger partial charge in [0.2, 0.25) is 5.91 Å². The summed E-state index contributed by atoms with van der Waals surface area (Å²) in [5.74, 6) is -0.929. The molecule has 2 heterocycles. The number of thiazole rings is 1. The summed E-state index contributed by atoms with van der Waals surface area (Å²) >= 11 is 1.35. The molecule has 2 aromatic rings. The largest absolute Gasteiger partial charge is 0.466 e. The number of esters is 1. The van der Waals surface area contributed by atoms with Gasteiger partial charge in [0.15, 0.2) is 0 Å². The monoisotopic (exact) mass is 457 g/mol. The second-order valence-corrected chi connectivity index (χ2v) is 9.34. The molecule has 3 rings (SSSR count). The van der Waals surface area contributed by atoms with E-state index >= 15 is 0 Å². The van der Waals surface area contributed by atoms with E-state index in [4.69, 9.17) is 4.74 Å². The number of carbonyl (C=O) groups excluding carboxylic acids is 3. The molecule has 1 aromatic heterocycles.